The van der Waals surface area contributed by atoms with Crippen LogP contribution in [0.15, 0.2) is 195 Å². The third kappa shape index (κ3) is 6.25. The van der Waals surface area contributed by atoms with Crippen LogP contribution in [0.25, 0.3) is 122 Å². The van der Waals surface area contributed by atoms with Gasteiger partial charge in [0.2, 0.25) is 0 Å². The van der Waals surface area contributed by atoms with Gasteiger partial charge < -0.3 is 9.13 Å². The summed E-state index contributed by atoms with van der Waals surface area (Å²) >= 11 is 0. The fourth-order valence-corrected chi connectivity index (χ4v) is 10.9. The van der Waals surface area contributed by atoms with E-state index in [9.17, 15) is 0 Å². The highest BCUT2D eigenvalue weighted by atomic mass is 15.0. The third-order valence-electron chi connectivity index (χ3n) is 13.9. The molecule has 0 aliphatic heterocycles. The zero-order chi connectivity index (χ0) is 45.6. The Labute approximate surface area is 393 Å². The van der Waals surface area contributed by atoms with Crippen LogP contribution in [0, 0.1) is 27.7 Å². The van der Waals surface area contributed by atoms with E-state index in [2.05, 4.69) is 205 Å². The molecule has 6 aromatic heterocycles. The summed E-state index contributed by atoms with van der Waals surface area (Å²) in [5.74, 6) is 0. The molecule has 0 unspecified atom stereocenters. The summed E-state index contributed by atoms with van der Waals surface area (Å²) in [6.45, 7) is 9.01. The Morgan fingerprint density at radius 2 is 0.721 bits per heavy atom. The average Bonchev–Trinajstić information content (AvgIpc) is 3.88. The molecule has 68 heavy (non-hydrogen) atoms. The predicted molar refractivity (Wildman–Crippen MR) is 282 cm³/mol. The molecule has 7 aromatic carbocycles. The van der Waals surface area contributed by atoms with E-state index in [1.807, 2.05) is 24.5 Å². The van der Waals surface area contributed by atoms with Gasteiger partial charge in [0.1, 0.15) is 0 Å². The standard InChI is InChI=1S/C62H44N6/c1-37-31-47(41-13-17-43(18-14-41)51-23-21-45-27-29-63-35-53(45)65-51)32-38(2)61(37)67-55-11-7-5-9-49(55)59-57(67)25-26-58-60(59)50-10-6-8-12-56(50)68(58)62-39(3)33-48(34-40(62)4)42-15-19-44(20-16-42)52-24-22-46-28-30-64-36-54(46)66-52/h5-36H,1-4H3. The normalized spacial score (nSPS) is 11.8. The highest BCUT2D eigenvalue weighted by molar-refractivity contribution is 6.29. The van der Waals surface area contributed by atoms with Gasteiger partial charge in [-0.2, -0.15) is 0 Å². The van der Waals surface area contributed by atoms with Gasteiger partial charge in [0.15, 0.2) is 0 Å². The van der Waals surface area contributed by atoms with Crippen LogP contribution in [0.5, 0.6) is 0 Å². The summed E-state index contributed by atoms with van der Waals surface area (Å²) < 4.78 is 5.00. The molecule has 0 amide bonds. The molecule has 0 aliphatic rings. The number of hydrogen-bond donors (Lipinski definition) is 0. The lowest BCUT2D eigenvalue weighted by Gasteiger charge is -2.18. The minimum absolute atomic E-state index is 0.899. The summed E-state index contributed by atoms with van der Waals surface area (Å²) in [6, 6.07) is 61.8. The van der Waals surface area contributed by atoms with Crippen molar-refractivity contribution in [2.45, 2.75) is 27.7 Å². The molecule has 0 saturated carbocycles. The molecule has 0 fully saturated rings. The van der Waals surface area contributed by atoms with E-state index in [0.29, 0.717) is 0 Å². The van der Waals surface area contributed by atoms with E-state index in [1.165, 1.54) is 99.5 Å². The number of aromatic nitrogens is 6. The number of fused-ring (bicyclic) bond motifs is 9. The van der Waals surface area contributed by atoms with Crippen LogP contribution in [-0.2, 0) is 0 Å². The quantitative estimate of drug-likeness (QED) is 0.167. The zero-order valence-electron chi connectivity index (χ0n) is 38.2. The van der Waals surface area contributed by atoms with E-state index in [0.717, 1.165) is 44.3 Å². The fraction of sp³-hybridized carbons (Fsp3) is 0.0645. The Morgan fingerprint density at radius 1 is 0.338 bits per heavy atom. The Bertz CT molecular complexity index is 3860. The first kappa shape index (κ1) is 39.6. The lowest BCUT2D eigenvalue weighted by atomic mass is 9.97. The average molecular weight is 873 g/mol. The molecule has 0 spiro atoms. The number of para-hydroxylation sites is 2. The second kappa shape index (κ2) is 15.4. The van der Waals surface area contributed by atoms with Crippen molar-refractivity contribution in [2.24, 2.45) is 0 Å². The molecular weight excluding hydrogens is 829 g/mol. The molecule has 0 N–H and O–H groups in total. The van der Waals surface area contributed by atoms with Gasteiger partial charge >= 0.3 is 0 Å². The minimum atomic E-state index is 0.899. The lowest BCUT2D eigenvalue weighted by Crippen LogP contribution is -2.02. The molecule has 0 atom stereocenters. The molecule has 6 heteroatoms. The minimum Gasteiger partial charge on any atom is -0.309 e. The van der Waals surface area contributed by atoms with Crippen molar-refractivity contribution in [3.8, 4) is 56.1 Å². The van der Waals surface area contributed by atoms with Gasteiger partial charge in [-0.25, -0.2) is 9.97 Å². The molecular formula is C62H44N6. The number of rotatable bonds is 6. The first-order valence-electron chi connectivity index (χ1n) is 23.2. The zero-order valence-corrected chi connectivity index (χ0v) is 38.2. The van der Waals surface area contributed by atoms with E-state index in [1.54, 1.807) is 12.4 Å². The van der Waals surface area contributed by atoms with Gasteiger partial charge in [-0.15, -0.1) is 0 Å². The molecule has 0 radical (unpaired) electrons. The van der Waals surface area contributed by atoms with E-state index in [4.69, 9.17) is 9.97 Å². The molecule has 13 aromatic rings. The van der Waals surface area contributed by atoms with E-state index >= 15 is 0 Å². The monoisotopic (exact) mass is 872 g/mol. The molecule has 13 rings (SSSR count). The Hall–Kier alpha value is -8.74. The maximum absolute atomic E-state index is 4.89. The maximum atomic E-state index is 4.89. The van der Waals surface area contributed by atoms with Crippen LogP contribution >= 0.6 is 0 Å². The Balaban J connectivity index is 0.903. The number of nitrogens with zero attached hydrogens (tertiary/aromatic N) is 6. The van der Waals surface area contributed by atoms with Crippen LogP contribution in [0.3, 0.4) is 0 Å². The van der Waals surface area contributed by atoms with Gasteiger partial charge in [-0.05, 0) is 145 Å². The molecule has 0 aliphatic carbocycles. The molecule has 0 bridgehead atoms. The van der Waals surface area contributed by atoms with E-state index in [-0.39, 0.29) is 0 Å². The fourth-order valence-electron chi connectivity index (χ4n) is 10.9. The second-order valence-corrected chi connectivity index (χ2v) is 18.2. The van der Waals surface area contributed by atoms with Gasteiger partial charge in [0.25, 0.3) is 0 Å². The van der Waals surface area contributed by atoms with Gasteiger partial charge in [-0.1, -0.05) is 97.1 Å². The first-order valence-corrected chi connectivity index (χ1v) is 23.2. The number of benzene rings is 7. The SMILES string of the molecule is Cc1cc(-c2ccc(-c3ccc4ccncc4n3)cc2)cc(C)c1-n1c2ccccc2c2c3c4ccccc4n(-c4c(C)cc(-c5ccc(-c6ccc7ccncc7n6)cc5)cc4C)c3ccc21. The Morgan fingerprint density at radius 3 is 1.13 bits per heavy atom. The van der Waals surface area contributed by atoms with Crippen molar-refractivity contribution in [3.05, 3.63) is 217 Å². The lowest BCUT2D eigenvalue weighted by molar-refractivity contribution is 1.11. The van der Waals surface area contributed by atoms with Gasteiger partial charge in [0, 0.05) is 55.8 Å². The molecule has 6 nitrogen and oxygen atoms in total. The smallest absolute Gasteiger partial charge is 0.0892 e. The first-order chi connectivity index (χ1) is 33.4. The molecule has 322 valence electrons. The van der Waals surface area contributed by atoms with Crippen molar-refractivity contribution >= 4 is 65.4 Å². The summed E-state index contributed by atoms with van der Waals surface area (Å²) in [6.07, 6.45) is 7.26. The summed E-state index contributed by atoms with van der Waals surface area (Å²) in [5, 5.41) is 7.21. The van der Waals surface area contributed by atoms with Gasteiger partial charge in [0.05, 0.1) is 68.3 Å². The third-order valence-corrected chi connectivity index (χ3v) is 13.9. The Kier molecular flexibility index (Phi) is 8.99. The van der Waals surface area contributed by atoms with Crippen molar-refractivity contribution in [1.82, 2.24) is 29.1 Å². The van der Waals surface area contributed by atoms with Crippen LogP contribution in [0.2, 0.25) is 0 Å². The predicted octanol–water partition coefficient (Wildman–Crippen LogP) is 15.7. The topological polar surface area (TPSA) is 61.4 Å². The van der Waals surface area contributed by atoms with Crippen LogP contribution in [0.1, 0.15) is 22.3 Å². The highest BCUT2D eigenvalue weighted by Crippen LogP contribution is 2.44. The maximum Gasteiger partial charge on any atom is 0.0892 e. The van der Waals surface area contributed by atoms with Crippen LogP contribution in [-0.4, -0.2) is 29.1 Å². The van der Waals surface area contributed by atoms with Crippen molar-refractivity contribution in [3.63, 3.8) is 0 Å². The van der Waals surface area contributed by atoms with E-state index < -0.39 is 0 Å². The van der Waals surface area contributed by atoms with Crippen molar-refractivity contribution < 1.29 is 0 Å². The highest BCUT2D eigenvalue weighted by Gasteiger charge is 2.23. The van der Waals surface area contributed by atoms with Gasteiger partial charge in [-0.3, -0.25) is 9.97 Å². The summed E-state index contributed by atoms with van der Waals surface area (Å²) in [5.41, 5.74) is 22.7. The summed E-state index contributed by atoms with van der Waals surface area (Å²) in [4.78, 5) is 18.3. The summed E-state index contributed by atoms with van der Waals surface area (Å²) in [7, 11) is 0. The number of aryl methyl sites for hydroxylation is 4. The van der Waals surface area contributed by atoms with Crippen LogP contribution < -0.4 is 0 Å². The van der Waals surface area contributed by atoms with Crippen LogP contribution in [0.4, 0.5) is 0 Å². The largest absolute Gasteiger partial charge is 0.309 e. The molecule has 0 saturated heterocycles. The van der Waals surface area contributed by atoms with Crippen molar-refractivity contribution in [1.29, 1.82) is 0 Å². The van der Waals surface area contributed by atoms with Crippen molar-refractivity contribution in [2.75, 3.05) is 0 Å². The molecule has 6 heterocycles. The number of hydrogen-bond acceptors (Lipinski definition) is 4. The number of pyridine rings is 4. The second-order valence-electron chi connectivity index (χ2n) is 18.2.